The number of nitrogens with two attached hydrogens (primary N) is 3. The molecule has 0 saturated carbocycles. The van der Waals surface area contributed by atoms with E-state index >= 15 is 0 Å². The number of aromatic nitrogens is 4. The number of rotatable bonds is 13. The molecule has 0 spiro atoms. The van der Waals surface area contributed by atoms with Gasteiger partial charge in [-0.15, -0.1) is 16.5 Å². The number of ketones is 1. The van der Waals surface area contributed by atoms with Gasteiger partial charge in [0, 0.05) is 30.3 Å². The van der Waals surface area contributed by atoms with Gasteiger partial charge in [-0.25, -0.2) is 19.8 Å². The van der Waals surface area contributed by atoms with Crippen LogP contribution in [0.1, 0.15) is 57.0 Å². The zero-order chi connectivity index (χ0) is 32.1. The number of unbranched alkanes of at least 4 members (excludes halogenated alkanes) is 1. The van der Waals surface area contributed by atoms with E-state index in [9.17, 15) is 19.5 Å². The summed E-state index contributed by atoms with van der Waals surface area (Å²) in [6.45, 7) is 0.549. The van der Waals surface area contributed by atoms with Gasteiger partial charge in [0.2, 0.25) is 5.95 Å². The van der Waals surface area contributed by atoms with Crippen LogP contribution in [0.2, 0.25) is 0 Å². The second-order valence-corrected chi connectivity index (χ2v) is 11.3. The number of carbonyl (C=O) groups is 3. The number of fused-ring (bicyclic) bond motifs is 1. The molecule has 0 fully saturated rings. The largest absolute Gasteiger partial charge is 0.480 e. The number of carbonyl (C=O) groups excluding carboxylic acids is 2. The molecule has 0 aliphatic carbocycles. The molecule has 1 aliphatic rings. The summed E-state index contributed by atoms with van der Waals surface area (Å²) in [5.41, 5.74) is 20.1. The third-order valence-electron chi connectivity index (χ3n) is 6.88. The lowest BCUT2D eigenvalue weighted by Crippen LogP contribution is -2.40. The summed E-state index contributed by atoms with van der Waals surface area (Å²) < 4.78 is 0. The number of nitrogen functional groups attached to an aromatic ring is 3. The Bertz CT molecular complexity index is 1840. The maximum absolute atomic E-state index is 13.0. The first-order valence-corrected chi connectivity index (χ1v) is 14.6. The highest BCUT2D eigenvalue weighted by molar-refractivity contribution is 7.18. The van der Waals surface area contributed by atoms with E-state index in [1.807, 2.05) is 11.9 Å². The van der Waals surface area contributed by atoms with Crippen LogP contribution in [0.25, 0.3) is 11.2 Å². The highest BCUT2D eigenvalue weighted by Gasteiger charge is 2.23. The lowest BCUT2D eigenvalue weighted by Gasteiger charge is -2.16. The third kappa shape index (κ3) is 7.32. The fraction of sp³-hybridized carbons (Fsp3) is 0.286. The van der Waals surface area contributed by atoms with Crippen molar-refractivity contribution in [2.75, 3.05) is 35.8 Å². The Hall–Kier alpha value is -5.58. The van der Waals surface area contributed by atoms with Gasteiger partial charge in [-0.2, -0.15) is 15.1 Å². The van der Waals surface area contributed by atoms with Gasteiger partial charge in [-0.05, 0) is 43.2 Å². The molecular formula is C28H30N12O4S. The number of thiophene rings is 1. The summed E-state index contributed by atoms with van der Waals surface area (Å²) >= 11 is 1.20. The Morgan fingerprint density at radius 2 is 1.91 bits per heavy atom. The Morgan fingerprint density at radius 1 is 1.09 bits per heavy atom. The molecule has 1 aliphatic heterocycles. The molecule has 8 N–H and O–H groups in total. The molecule has 3 aromatic heterocycles. The normalized spacial score (nSPS) is 13.0. The summed E-state index contributed by atoms with van der Waals surface area (Å²) in [6.07, 6.45) is 2.72. The van der Waals surface area contributed by atoms with Crippen LogP contribution in [-0.2, 0) is 11.3 Å². The number of nitrogens with one attached hydrogen (secondary N) is 1. The van der Waals surface area contributed by atoms with Crippen molar-refractivity contribution in [3.05, 3.63) is 58.2 Å². The average molecular weight is 631 g/mol. The maximum Gasteiger partial charge on any atom is 0.326 e. The third-order valence-corrected chi connectivity index (χ3v) is 8.07. The van der Waals surface area contributed by atoms with Crippen LogP contribution < -0.4 is 27.4 Å². The van der Waals surface area contributed by atoms with Gasteiger partial charge in [0.05, 0.1) is 28.3 Å². The first kappa shape index (κ1) is 30.9. The SMILES string of the molecule is CN(Cc1cnc2nc(N)nc(N)c2n1)c1ccc(C(=O)N[C@@H](CCCCC(=O)c2ccc(N)cc2C2=NCN=N2)C(=O)O)s1. The maximum atomic E-state index is 13.0. The molecular weight excluding hydrogens is 600 g/mol. The van der Waals surface area contributed by atoms with Crippen molar-refractivity contribution in [2.45, 2.75) is 38.3 Å². The van der Waals surface area contributed by atoms with Gasteiger partial charge < -0.3 is 32.5 Å². The van der Waals surface area contributed by atoms with Gasteiger partial charge in [-0.3, -0.25) is 9.59 Å². The molecule has 45 heavy (non-hydrogen) atoms. The van der Waals surface area contributed by atoms with Crippen LogP contribution in [0, 0.1) is 0 Å². The van der Waals surface area contributed by atoms with Crippen molar-refractivity contribution < 1.29 is 19.5 Å². The number of azo groups is 1. The second kappa shape index (κ2) is 13.4. The van der Waals surface area contributed by atoms with Crippen LogP contribution in [0.4, 0.5) is 22.5 Å². The Labute approximate surface area is 260 Å². The minimum atomic E-state index is -1.16. The van der Waals surface area contributed by atoms with Crippen LogP contribution in [0.5, 0.6) is 0 Å². The number of benzene rings is 1. The lowest BCUT2D eigenvalue weighted by molar-refractivity contribution is -0.139. The summed E-state index contributed by atoms with van der Waals surface area (Å²) in [5.74, 6) is -1.31. The van der Waals surface area contributed by atoms with Crippen molar-refractivity contribution in [3.63, 3.8) is 0 Å². The van der Waals surface area contributed by atoms with Crippen LogP contribution >= 0.6 is 11.3 Å². The number of anilines is 4. The van der Waals surface area contributed by atoms with E-state index in [1.54, 1.807) is 36.5 Å². The first-order valence-electron chi connectivity index (χ1n) is 13.8. The molecule has 16 nitrogen and oxygen atoms in total. The minimum Gasteiger partial charge on any atom is -0.480 e. The predicted octanol–water partition coefficient (Wildman–Crippen LogP) is 2.66. The van der Waals surface area contributed by atoms with Gasteiger partial charge in [0.1, 0.15) is 6.04 Å². The lowest BCUT2D eigenvalue weighted by atomic mass is 9.97. The molecule has 1 atom stereocenters. The van der Waals surface area contributed by atoms with E-state index in [-0.39, 0.29) is 37.1 Å². The molecule has 5 rings (SSSR count). The van der Waals surface area contributed by atoms with E-state index < -0.39 is 17.9 Å². The summed E-state index contributed by atoms with van der Waals surface area (Å²) in [7, 11) is 1.82. The number of carboxylic acid groups (broad SMARTS) is 1. The zero-order valence-corrected chi connectivity index (χ0v) is 25.0. The van der Waals surface area contributed by atoms with E-state index in [0.29, 0.717) is 63.8 Å². The summed E-state index contributed by atoms with van der Waals surface area (Å²) in [4.78, 5) is 60.9. The van der Waals surface area contributed by atoms with Crippen LogP contribution in [-0.4, -0.2) is 68.3 Å². The van der Waals surface area contributed by atoms with Crippen molar-refractivity contribution >= 4 is 68.5 Å². The van der Waals surface area contributed by atoms with E-state index in [0.717, 1.165) is 5.00 Å². The molecule has 0 saturated heterocycles. The quantitative estimate of drug-likeness (QED) is 0.0812. The number of aliphatic carboxylic acids is 1. The van der Waals surface area contributed by atoms with Crippen LogP contribution in [0.15, 0.2) is 51.7 Å². The highest BCUT2D eigenvalue weighted by atomic mass is 32.1. The molecule has 4 heterocycles. The number of amidine groups is 1. The van der Waals surface area contributed by atoms with Crippen molar-refractivity contribution in [3.8, 4) is 0 Å². The van der Waals surface area contributed by atoms with Crippen molar-refractivity contribution in [1.82, 2.24) is 25.3 Å². The fourth-order valence-corrected chi connectivity index (χ4v) is 5.52. The number of carboxylic acids is 1. The molecule has 1 amide bonds. The number of Topliss-reactive ketones (excluding diaryl/α,β-unsaturated/α-hetero) is 1. The van der Waals surface area contributed by atoms with E-state index in [2.05, 4.69) is 40.5 Å². The molecule has 0 unspecified atom stereocenters. The molecule has 0 bridgehead atoms. The highest BCUT2D eigenvalue weighted by Crippen LogP contribution is 2.27. The van der Waals surface area contributed by atoms with E-state index in [1.165, 1.54) is 11.3 Å². The molecule has 4 aromatic rings. The molecule has 232 valence electrons. The predicted molar refractivity (Wildman–Crippen MR) is 169 cm³/mol. The monoisotopic (exact) mass is 630 g/mol. The van der Waals surface area contributed by atoms with Crippen molar-refractivity contribution in [2.24, 2.45) is 15.2 Å². The Kier molecular flexibility index (Phi) is 9.17. The standard InChI is InChI=1S/C28H30N12O4S/c1-40(12-15-11-32-25-22(35-15)23(30)37-28(31)38-25)21-9-8-20(45-21)26(42)36-18(27(43)44)4-2-3-5-19(41)16-7-6-14(29)10-17(16)24-33-13-34-39-24/h6-11,18H,2-5,12-13,29H2,1H3,(H,36,42)(H,43,44)(H4,30,31,32,37,38)/t18-/m0/s1. The smallest absolute Gasteiger partial charge is 0.326 e. The number of amides is 1. The summed E-state index contributed by atoms with van der Waals surface area (Å²) in [6, 6.07) is 7.17. The van der Waals surface area contributed by atoms with Gasteiger partial charge in [0.15, 0.2) is 35.3 Å². The molecule has 0 radical (unpaired) electrons. The number of nitrogens with zero attached hydrogens (tertiary/aromatic N) is 8. The number of hydrogen-bond donors (Lipinski definition) is 5. The van der Waals surface area contributed by atoms with Crippen molar-refractivity contribution in [1.29, 1.82) is 0 Å². The van der Waals surface area contributed by atoms with Gasteiger partial charge >= 0.3 is 5.97 Å². The zero-order valence-electron chi connectivity index (χ0n) is 24.2. The Balaban J connectivity index is 1.14. The molecule has 17 heteroatoms. The number of aliphatic imine (C=N–C) groups is 1. The second-order valence-electron chi connectivity index (χ2n) is 10.2. The summed E-state index contributed by atoms with van der Waals surface area (Å²) in [5, 5.41) is 20.9. The van der Waals surface area contributed by atoms with E-state index in [4.69, 9.17) is 17.2 Å². The fourth-order valence-electron chi connectivity index (χ4n) is 4.65. The Morgan fingerprint density at radius 3 is 2.67 bits per heavy atom. The average Bonchev–Trinajstić information content (AvgIpc) is 3.72. The van der Waals surface area contributed by atoms with Crippen LogP contribution in [0.3, 0.4) is 0 Å². The minimum absolute atomic E-state index is 0.0105. The molecule has 1 aromatic carbocycles. The first-order chi connectivity index (χ1) is 21.6. The number of hydrogen-bond acceptors (Lipinski definition) is 15. The topological polar surface area (TPSA) is 253 Å². The van der Waals surface area contributed by atoms with Gasteiger partial charge in [-0.1, -0.05) is 6.42 Å². The van der Waals surface area contributed by atoms with Gasteiger partial charge in [0.25, 0.3) is 5.91 Å².